The molecule has 0 saturated carbocycles. The van der Waals surface area contributed by atoms with Gasteiger partial charge in [-0.05, 0) is 49.2 Å². The van der Waals surface area contributed by atoms with Crippen LogP contribution in [0.3, 0.4) is 0 Å². The average Bonchev–Trinajstić information content (AvgIpc) is 3.04. The Morgan fingerprint density at radius 1 is 1.21 bits per heavy atom. The molecule has 1 aliphatic rings. The summed E-state index contributed by atoms with van der Waals surface area (Å²) in [5.41, 5.74) is 4.52. The highest BCUT2D eigenvalue weighted by Crippen LogP contribution is 2.24. The molecule has 1 heterocycles. The molecule has 3 rings (SSSR count). The van der Waals surface area contributed by atoms with Crippen molar-refractivity contribution in [2.45, 2.75) is 19.6 Å². The normalized spacial score (nSPS) is 14.0. The van der Waals surface area contributed by atoms with E-state index in [1.807, 2.05) is 24.3 Å². The van der Waals surface area contributed by atoms with Crippen molar-refractivity contribution in [1.82, 2.24) is 4.90 Å². The molecule has 1 aliphatic heterocycles. The third-order valence-electron chi connectivity index (χ3n) is 4.00. The topological polar surface area (TPSA) is 32.7 Å². The van der Waals surface area contributed by atoms with E-state index in [0.29, 0.717) is 18.7 Å². The number of amidine groups is 1. The van der Waals surface area contributed by atoms with Crippen LogP contribution in [0.2, 0.25) is 0 Å². The van der Waals surface area contributed by atoms with Gasteiger partial charge in [-0.3, -0.25) is 14.7 Å². The molecule has 0 aromatic heterocycles. The average molecular weight is 403 g/mol. The number of thioether (sulfide) groups is 1. The zero-order valence-electron chi connectivity index (χ0n) is 13.8. The van der Waals surface area contributed by atoms with Crippen LogP contribution in [0, 0.1) is 13.8 Å². The first-order valence-corrected chi connectivity index (χ1v) is 9.63. The Morgan fingerprint density at radius 2 is 1.96 bits per heavy atom. The fourth-order valence-electron chi connectivity index (χ4n) is 2.58. The van der Waals surface area contributed by atoms with Gasteiger partial charge in [-0.15, -0.1) is 0 Å². The van der Waals surface area contributed by atoms with Crippen LogP contribution in [0.15, 0.2) is 51.9 Å². The molecule has 0 saturated heterocycles. The molecule has 0 bridgehead atoms. The second kappa shape index (κ2) is 7.53. The van der Waals surface area contributed by atoms with Gasteiger partial charge in [0, 0.05) is 22.3 Å². The second-order valence-electron chi connectivity index (χ2n) is 5.85. The molecule has 1 amide bonds. The molecular weight excluding hydrogens is 384 g/mol. The third-order valence-corrected chi connectivity index (χ3v) is 5.59. The molecule has 124 valence electrons. The van der Waals surface area contributed by atoms with E-state index in [2.05, 4.69) is 53.0 Å². The zero-order valence-corrected chi connectivity index (χ0v) is 16.2. The van der Waals surface area contributed by atoms with E-state index in [9.17, 15) is 4.79 Å². The highest BCUT2D eigenvalue weighted by molar-refractivity contribution is 9.10. The van der Waals surface area contributed by atoms with Crippen molar-refractivity contribution in [3.63, 3.8) is 0 Å². The van der Waals surface area contributed by atoms with Crippen LogP contribution in [0.25, 0.3) is 0 Å². The van der Waals surface area contributed by atoms with Gasteiger partial charge in [-0.25, -0.2) is 0 Å². The van der Waals surface area contributed by atoms with Crippen molar-refractivity contribution in [1.29, 1.82) is 0 Å². The maximum absolute atomic E-state index is 12.7. The van der Waals surface area contributed by atoms with Crippen molar-refractivity contribution in [3.05, 3.63) is 69.2 Å². The molecule has 3 nitrogen and oxygen atoms in total. The van der Waals surface area contributed by atoms with E-state index in [4.69, 9.17) is 0 Å². The van der Waals surface area contributed by atoms with Gasteiger partial charge in [0.1, 0.15) is 0 Å². The Hall–Kier alpha value is -1.59. The van der Waals surface area contributed by atoms with Crippen molar-refractivity contribution in [2.24, 2.45) is 4.99 Å². The van der Waals surface area contributed by atoms with Gasteiger partial charge in [0.2, 0.25) is 0 Å². The number of nitrogens with zero attached hydrogens (tertiary/aromatic N) is 2. The van der Waals surface area contributed by atoms with Crippen LogP contribution in [0.4, 0.5) is 0 Å². The second-order valence-corrected chi connectivity index (χ2v) is 7.70. The number of carbonyl (C=O) groups excluding carboxylic acids is 1. The number of benzene rings is 2. The Bertz CT molecular complexity index is 786. The molecule has 24 heavy (non-hydrogen) atoms. The van der Waals surface area contributed by atoms with Crippen molar-refractivity contribution in [2.75, 3.05) is 13.1 Å². The molecule has 0 unspecified atom stereocenters. The number of halogens is 1. The van der Waals surface area contributed by atoms with Crippen molar-refractivity contribution >= 4 is 38.8 Å². The number of aliphatic imine (C=N–C) groups is 1. The number of carbonyl (C=O) groups is 1. The Balaban J connectivity index is 1.70. The summed E-state index contributed by atoms with van der Waals surface area (Å²) < 4.78 is 0.971. The van der Waals surface area contributed by atoms with E-state index in [1.165, 1.54) is 16.7 Å². The zero-order chi connectivity index (χ0) is 17.1. The number of hydrogen-bond donors (Lipinski definition) is 0. The Morgan fingerprint density at radius 3 is 2.71 bits per heavy atom. The summed E-state index contributed by atoms with van der Waals surface area (Å²) >= 11 is 5.04. The smallest absolute Gasteiger partial charge is 0.259 e. The van der Waals surface area contributed by atoms with Gasteiger partial charge in [-0.1, -0.05) is 51.5 Å². The molecule has 2 aromatic carbocycles. The summed E-state index contributed by atoms with van der Waals surface area (Å²) in [6, 6.07) is 14.0. The summed E-state index contributed by atoms with van der Waals surface area (Å²) in [4.78, 5) is 19.0. The summed E-state index contributed by atoms with van der Waals surface area (Å²) in [5.74, 6) is 0.850. The molecule has 0 radical (unpaired) electrons. The van der Waals surface area contributed by atoms with Gasteiger partial charge in [0.05, 0.1) is 6.54 Å². The monoisotopic (exact) mass is 402 g/mol. The molecular formula is C19H19BrN2OS. The first-order valence-electron chi connectivity index (χ1n) is 7.85. The number of amides is 1. The predicted octanol–water partition coefficient (Wildman–Crippen LogP) is 4.81. The fraction of sp³-hybridized carbons (Fsp3) is 0.263. The fourth-order valence-corrected chi connectivity index (χ4v) is 3.96. The molecule has 0 atom stereocenters. The quantitative estimate of drug-likeness (QED) is 0.737. The van der Waals surface area contributed by atoms with E-state index in [1.54, 1.807) is 16.7 Å². The summed E-state index contributed by atoms with van der Waals surface area (Å²) in [7, 11) is 0. The van der Waals surface area contributed by atoms with E-state index >= 15 is 0 Å². The third kappa shape index (κ3) is 3.90. The number of aryl methyl sites for hydroxylation is 2. The lowest BCUT2D eigenvalue weighted by molar-refractivity contribution is 0.0860. The first kappa shape index (κ1) is 17.2. The van der Waals surface area contributed by atoms with Gasteiger partial charge in [-0.2, -0.15) is 0 Å². The van der Waals surface area contributed by atoms with Gasteiger partial charge in [0.15, 0.2) is 5.17 Å². The van der Waals surface area contributed by atoms with Gasteiger partial charge in [0.25, 0.3) is 5.91 Å². The van der Waals surface area contributed by atoms with Crippen LogP contribution < -0.4 is 0 Å². The van der Waals surface area contributed by atoms with Gasteiger partial charge >= 0.3 is 0 Å². The van der Waals surface area contributed by atoms with Crippen LogP contribution in [0.5, 0.6) is 0 Å². The highest BCUT2D eigenvalue weighted by atomic mass is 79.9. The predicted molar refractivity (Wildman–Crippen MR) is 105 cm³/mol. The van der Waals surface area contributed by atoms with Crippen LogP contribution in [0.1, 0.15) is 27.0 Å². The van der Waals surface area contributed by atoms with E-state index in [-0.39, 0.29) is 5.91 Å². The van der Waals surface area contributed by atoms with Crippen molar-refractivity contribution < 1.29 is 4.79 Å². The minimum absolute atomic E-state index is 0.0206. The largest absolute Gasteiger partial charge is 0.286 e. The minimum Gasteiger partial charge on any atom is -0.286 e. The highest BCUT2D eigenvalue weighted by Gasteiger charge is 2.25. The van der Waals surface area contributed by atoms with Crippen molar-refractivity contribution in [3.8, 4) is 0 Å². The lowest BCUT2D eigenvalue weighted by atomic mass is 10.1. The summed E-state index contributed by atoms with van der Waals surface area (Å²) in [5, 5.41) is 0.823. The lowest BCUT2D eigenvalue weighted by Crippen LogP contribution is -2.32. The standard InChI is InChI=1S/C19H19BrN2OS/c1-13-3-4-14(2)16(11-13)12-24-19-21-9-10-22(19)18(23)15-5-7-17(20)8-6-15/h3-8,11H,9-10,12H2,1-2H3. The summed E-state index contributed by atoms with van der Waals surface area (Å²) in [6.45, 7) is 5.56. The lowest BCUT2D eigenvalue weighted by Gasteiger charge is -2.18. The Labute approximate surface area is 155 Å². The molecule has 0 fully saturated rings. The molecule has 0 aliphatic carbocycles. The first-order chi connectivity index (χ1) is 11.5. The van der Waals surface area contributed by atoms with Crippen LogP contribution >= 0.6 is 27.7 Å². The maximum atomic E-state index is 12.7. The number of hydrogen-bond acceptors (Lipinski definition) is 3. The minimum atomic E-state index is 0.0206. The van der Waals surface area contributed by atoms with Crippen LogP contribution in [-0.2, 0) is 5.75 Å². The molecule has 5 heteroatoms. The maximum Gasteiger partial charge on any atom is 0.259 e. The van der Waals surface area contributed by atoms with Crippen LogP contribution in [-0.4, -0.2) is 29.1 Å². The molecule has 2 aromatic rings. The molecule has 0 N–H and O–H groups in total. The van der Waals surface area contributed by atoms with E-state index < -0.39 is 0 Å². The van der Waals surface area contributed by atoms with E-state index in [0.717, 1.165) is 15.4 Å². The number of rotatable bonds is 3. The SMILES string of the molecule is Cc1ccc(C)c(CSC2=NCCN2C(=O)c2ccc(Br)cc2)c1. The Kier molecular flexibility index (Phi) is 5.41. The summed E-state index contributed by atoms with van der Waals surface area (Å²) in [6.07, 6.45) is 0. The van der Waals surface area contributed by atoms with Gasteiger partial charge < -0.3 is 0 Å². The molecule has 0 spiro atoms.